The molecule has 2 aromatic carbocycles. The van der Waals surface area contributed by atoms with Crippen LogP contribution in [0.1, 0.15) is 5.56 Å². The zero-order chi connectivity index (χ0) is 21.5. The van der Waals surface area contributed by atoms with E-state index in [-0.39, 0.29) is 11.8 Å². The lowest BCUT2D eigenvalue weighted by atomic mass is 10.2. The number of rotatable bonds is 2. The summed E-state index contributed by atoms with van der Waals surface area (Å²) < 4.78 is 15.8. The summed E-state index contributed by atoms with van der Waals surface area (Å²) in [6.07, 6.45) is 1.96. The van der Waals surface area contributed by atoms with Crippen molar-refractivity contribution in [3.05, 3.63) is 71.1 Å². The Kier molecular flexibility index (Phi) is 4.90. The number of hydrogen-bond donors (Lipinski definition) is 1. The van der Waals surface area contributed by atoms with E-state index >= 15 is 0 Å². The fourth-order valence-electron chi connectivity index (χ4n) is 4.01. The van der Waals surface area contributed by atoms with Gasteiger partial charge in [0.2, 0.25) is 0 Å². The Labute approximate surface area is 183 Å². The Bertz CT molecular complexity index is 1300. The van der Waals surface area contributed by atoms with Gasteiger partial charge in [0.25, 0.3) is 0 Å². The van der Waals surface area contributed by atoms with E-state index < -0.39 is 0 Å². The van der Waals surface area contributed by atoms with Crippen LogP contribution in [-0.2, 0) is 0 Å². The lowest BCUT2D eigenvalue weighted by molar-refractivity contribution is 0.208. The van der Waals surface area contributed by atoms with Crippen LogP contribution in [0.25, 0.3) is 16.6 Å². The topological polar surface area (TPSA) is 52.9 Å². The largest absolute Gasteiger partial charge is 0.351 e. The van der Waals surface area contributed by atoms with Gasteiger partial charge in [-0.2, -0.15) is 0 Å². The van der Waals surface area contributed by atoms with E-state index in [2.05, 4.69) is 10.2 Å². The summed E-state index contributed by atoms with van der Waals surface area (Å²) in [5, 5.41) is 3.54. The molecule has 2 amide bonds. The highest BCUT2D eigenvalue weighted by atomic mass is 35.5. The van der Waals surface area contributed by atoms with E-state index in [1.165, 1.54) is 12.1 Å². The minimum Gasteiger partial charge on any atom is -0.351 e. The molecule has 1 saturated heterocycles. The summed E-state index contributed by atoms with van der Waals surface area (Å²) in [7, 11) is 0. The van der Waals surface area contributed by atoms with Gasteiger partial charge in [0.1, 0.15) is 5.82 Å². The molecule has 4 aromatic rings. The summed E-state index contributed by atoms with van der Waals surface area (Å²) >= 11 is 6.06. The number of hydrogen-bond acceptors (Lipinski definition) is 3. The molecule has 8 heteroatoms. The minimum atomic E-state index is -0.310. The van der Waals surface area contributed by atoms with E-state index in [0.29, 0.717) is 42.4 Å². The molecule has 6 nitrogen and oxygen atoms in total. The molecule has 0 atom stereocenters. The third-order valence-electron chi connectivity index (χ3n) is 5.71. The van der Waals surface area contributed by atoms with E-state index in [9.17, 15) is 9.18 Å². The maximum atomic E-state index is 13.8. The van der Waals surface area contributed by atoms with Crippen molar-refractivity contribution in [1.82, 2.24) is 14.3 Å². The zero-order valence-corrected chi connectivity index (χ0v) is 17.7. The van der Waals surface area contributed by atoms with Crippen molar-refractivity contribution in [2.45, 2.75) is 6.92 Å². The highest BCUT2D eigenvalue weighted by Gasteiger charge is 2.24. The van der Waals surface area contributed by atoms with Crippen LogP contribution < -0.4 is 10.2 Å². The molecule has 0 bridgehead atoms. The first-order valence-corrected chi connectivity index (χ1v) is 10.5. The Balaban J connectivity index is 1.35. The van der Waals surface area contributed by atoms with Crippen molar-refractivity contribution in [2.75, 3.05) is 36.4 Å². The van der Waals surface area contributed by atoms with Crippen LogP contribution in [0.4, 0.5) is 20.7 Å². The molecule has 0 aliphatic carbocycles. The number of piperazine rings is 1. The zero-order valence-electron chi connectivity index (χ0n) is 17.0. The molecule has 5 rings (SSSR count). The highest BCUT2D eigenvalue weighted by Crippen LogP contribution is 2.27. The lowest BCUT2D eigenvalue weighted by Gasteiger charge is -2.35. The number of nitrogens with one attached hydrogen (secondary N) is 1. The van der Waals surface area contributed by atoms with E-state index in [1.807, 2.05) is 35.7 Å². The minimum absolute atomic E-state index is 0.147. The predicted octanol–water partition coefficient (Wildman–Crippen LogP) is 4.94. The molecular formula is C23H21ClFN5O. The number of carbonyl (C=O) groups is 1. The number of urea groups is 1. The van der Waals surface area contributed by atoms with Crippen LogP contribution in [-0.4, -0.2) is 46.5 Å². The summed E-state index contributed by atoms with van der Waals surface area (Å²) in [5.41, 5.74) is 4.11. The fraction of sp³-hybridized carbons (Fsp3) is 0.217. The maximum absolute atomic E-state index is 13.8. The summed E-state index contributed by atoms with van der Waals surface area (Å²) in [6.45, 7) is 4.32. The van der Waals surface area contributed by atoms with Gasteiger partial charge < -0.3 is 19.5 Å². The normalized spacial score (nSPS) is 14.4. The van der Waals surface area contributed by atoms with Gasteiger partial charge in [-0.1, -0.05) is 17.7 Å². The molecule has 1 N–H and O–H groups in total. The van der Waals surface area contributed by atoms with Crippen LogP contribution in [0.3, 0.4) is 0 Å². The van der Waals surface area contributed by atoms with Gasteiger partial charge in [-0.15, -0.1) is 0 Å². The fourth-order valence-corrected chi connectivity index (χ4v) is 4.18. The van der Waals surface area contributed by atoms with Crippen LogP contribution in [0.15, 0.2) is 54.7 Å². The molecule has 3 heterocycles. The standard InChI is InChI=1S/C23H21ClFN5O/c1-15-4-5-16(24)13-18(15)27-23(31)29-11-9-28(10-12-29)22-21-3-2-8-30(21)20-7-6-17(25)14-19(20)26-22/h2-8,13-14H,9-12H2,1H3,(H,27,31). The lowest BCUT2D eigenvalue weighted by Crippen LogP contribution is -2.50. The summed E-state index contributed by atoms with van der Waals surface area (Å²) in [4.78, 5) is 21.4. The van der Waals surface area contributed by atoms with Gasteiger partial charge in [0, 0.05) is 49.2 Å². The maximum Gasteiger partial charge on any atom is 0.321 e. The number of fused-ring (bicyclic) bond motifs is 3. The molecule has 1 aliphatic heterocycles. The van der Waals surface area contributed by atoms with Crippen LogP contribution >= 0.6 is 11.6 Å². The molecule has 0 unspecified atom stereocenters. The first-order valence-electron chi connectivity index (χ1n) is 10.1. The smallest absolute Gasteiger partial charge is 0.321 e. The van der Waals surface area contributed by atoms with Gasteiger partial charge in [-0.3, -0.25) is 0 Å². The highest BCUT2D eigenvalue weighted by molar-refractivity contribution is 6.31. The van der Waals surface area contributed by atoms with Gasteiger partial charge in [0.15, 0.2) is 5.82 Å². The first-order chi connectivity index (χ1) is 15.0. The van der Waals surface area contributed by atoms with Crippen molar-refractivity contribution >= 4 is 45.7 Å². The Morgan fingerprint density at radius 2 is 1.87 bits per heavy atom. The number of halogens is 2. The molecular weight excluding hydrogens is 417 g/mol. The average Bonchev–Trinajstić information content (AvgIpc) is 3.25. The number of benzene rings is 2. The summed E-state index contributed by atoms with van der Waals surface area (Å²) in [5.74, 6) is 0.490. The molecule has 0 saturated carbocycles. The van der Waals surface area contributed by atoms with Crippen molar-refractivity contribution < 1.29 is 9.18 Å². The van der Waals surface area contributed by atoms with Crippen LogP contribution in [0.2, 0.25) is 5.02 Å². The number of aromatic nitrogens is 2. The molecule has 0 spiro atoms. The van der Waals surface area contributed by atoms with Crippen molar-refractivity contribution in [2.24, 2.45) is 0 Å². The molecule has 158 valence electrons. The molecule has 2 aromatic heterocycles. The number of nitrogens with zero attached hydrogens (tertiary/aromatic N) is 4. The predicted molar refractivity (Wildman–Crippen MR) is 122 cm³/mol. The summed E-state index contributed by atoms with van der Waals surface area (Å²) in [6, 6.07) is 13.9. The van der Waals surface area contributed by atoms with Gasteiger partial charge in [-0.25, -0.2) is 14.2 Å². The number of aryl methyl sites for hydroxylation is 1. The Morgan fingerprint density at radius 3 is 2.68 bits per heavy atom. The average molecular weight is 438 g/mol. The van der Waals surface area contributed by atoms with Crippen molar-refractivity contribution in [1.29, 1.82) is 0 Å². The SMILES string of the molecule is Cc1ccc(Cl)cc1NC(=O)N1CCN(c2nc3cc(F)ccc3n3cccc23)CC1. The number of amides is 2. The Morgan fingerprint density at radius 1 is 1.06 bits per heavy atom. The van der Waals surface area contributed by atoms with Gasteiger partial charge in [0.05, 0.1) is 16.6 Å². The van der Waals surface area contributed by atoms with Crippen molar-refractivity contribution in [3.8, 4) is 0 Å². The van der Waals surface area contributed by atoms with Gasteiger partial charge in [-0.05, 0) is 48.9 Å². The van der Waals surface area contributed by atoms with Crippen molar-refractivity contribution in [3.63, 3.8) is 0 Å². The quantitative estimate of drug-likeness (QED) is 0.483. The molecule has 1 aliphatic rings. The second-order valence-corrected chi connectivity index (χ2v) is 8.13. The third-order valence-corrected chi connectivity index (χ3v) is 5.94. The monoisotopic (exact) mass is 437 g/mol. The number of carbonyl (C=O) groups excluding carboxylic acids is 1. The molecule has 31 heavy (non-hydrogen) atoms. The van der Waals surface area contributed by atoms with Gasteiger partial charge >= 0.3 is 6.03 Å². The Hall–Kier alpha value is -3.32. The molecule has 0 radical (unpaired) electrons. The third kappa shape index (κ3) is 3.65. The van der Waals surface area contributed by atoms with E-state index in [4.69, 9.17) is 16.6 Å². The second-order valence-electron chi connectivity index (χ2n) is 7.70. The van der Waals surface area contributed by atoms with E-state index in [1.54, 1.807) is 23.1 Å². The van der Waals surface area contributed by atoms with Crippen LogP contribution in [0.5, 0.6) is 0 Å². The second kappa shape index (κ2) is 7.74. The molecule has 1 fully saturated rings. The van der Waals surface area contributed by atoms with E-state index in [0.717, 1.165) is 22.4 Å². The number of anilines is 2. The van der Waals surface area contributed by atoms with Crippen LogP contribution in [0, 0.1) is 12.7 Å². The first kappa shape index (κ1) is 19.6.